The summed E-state index contributed by atoms with van der Waals surface area (Å²) in [6.45, 7) is 7.83. The van der Waals surface area contributed by atoms with E-state index in [0.29, 0.717) is 12.8 Å². The minimum absolute atomic E-state index is 0.0796. The van der Waals surface area contributed by atoms with Crippen LogP contribution in [0.3, 0.4) is 0 Å². The number of rotatable bonds is 10. The van der Waals surface area contributed by atoms with Crippen LogP contribution in [0.25, 0.3) is 0 Å². The highest BCUT2D eigenvalue weighted by molar-refractivity contribution is 6.22. The van der Waals surface area contributed by atoms with Crippen molar-refractivity contribution in [1.82, 2.24) is 9.80 Å². The molecule has 0 bridgehead atoms. The predicted molar refractivity (Wildman–Crippen MR) is 161 cm³/mol. The molecule has 212 valence electrons. The highest BCUT2D eigenvalue weighted by Gasteiger charge is 2.30. The van der Waals surface area contributed by atoms with E-state index in [1.807, 2.05) is 62.0 Å². The number of benzene rings is 3. The molecule has 0 saturated heterocycles. The Labute approximate surface area is 243 Å². The van der Waals surface area contributed by atoms with Gasteiger partial charge in [0.25, 0.3) is 0 Å². The van der Waals surface area contributed by atoms with Crippen LogP contribution in [0.5, 0.6) is 11.5 Å². The topological polar surface area (TPSA) is 46.9 Å². The standard InChI is InChI=1S/C32H41Cl2FN2O2/c1-18-11-25(38)12-19(2)29(18)31(33)27(36(5)6)16-22-9-10-24(35)15-23(22)17-28(37(7)8)32(34)30-20(3)13-26(39)14-21(30)4/h9-15,27-28,31-32,38-39H,16-17H2,1-8H3/t27-,28-,31+,32+/m0/s1. The molecule has 0 aliphatic rings. The fourth-order valence-corrected chi connectivity index (χ4v) is 7.01. The van der Waals surface area contributed by atoms with Crippen molar-refractivity contribution in [2.45, 2.75) is 63.4 Å². The third-order valence-corrected chi connectivity index (χ3v) is 8.76. The molecule has 0 radical (unpaired) electrons. The van der Waals surface area contributed by atoms with Crippen molar-refractivity contribution in [1.29, 1.82) is 0 Å². The molecule has 3 rings (SSSR count). The molecule has 0 unspecified atom stereocenters. The monoisotopic (exact) mass is 574 g/mol. The van der Waals surface area contributed by atoms with E-state index < -0.39 is 0 Å². The number of aromatic hydroxyl groups is 2. The van der Waals surface area contributed by atoms with Gasteiger partial charge in [-0.15, -0.1) is 23.2 Å². The zero-order chi connectivity index (χ0) is 29.2. The van der Waals surface area contributed by atoms with Crippen LogP contribution in [-0.2, 0) is 12.8 Å². The van der Waals surface area contributed by atoms with Crippen molar-refractivity contribution >= 4 is 23.2 Å². The molecule has 39 heavy (non-hydrogen) atoms. The number of aryl methyl sites for hydroxylation is 4. The third-order valence-electron chi connectivity index (χ3n) is 7.74. The Morgan fingerprint density at radius 3 is 1.36 bits per heavy atom. The molecule has 4 atom stereocenters. The number of hydrogen-bond acceptors (Lipinski definition) is 4. The third kappa shape index (κ3) is 7.26. The molecule has 0 aliphatic heterocycles. The molecule has 0 fully saturated rings. The summed E-state index contributed by atoms with van der Waals surface area (Å²) < 4.78 is 14.6. The fraction of sp³-hybridized carbons (Fsp3) is 0.438. The van der Waals surface area contributed by atoms with Crippen LogP contribution in [0.15, 0.2) is 42.5 Å². The SMILES string of the molecule is Cc1cc(O)cc(C)c1[C@H](Cl)[C@H](Cc1ccc(F)cc1C[C@@H]([C@@H](Cl)c1c(C)cc(O)cc1C)N(C)C)N(C)C. The van der Waals surface area contributed by atoms with Gasteiger partial charge in [-0.25, -0.2) is 4.39 Å². The summed E-state index contributed by atoms with van der Waals surface area (Å²) in [6.07, 6.45) is 1.15. The van der Waals surface area contributed by atoms with Crippen LogP contribution in [0, 0.1) is 33.5 Å². The first-order valence-corrected chi connectivity index (χ1v) is 14.1. The average molecular weight is 576 g/mol. The summed E-state index contributed by atoms with van der Waals surface area (Å²) in [5.74, 6) is 0.156. The maximum atomic E-state index is 14.6. The van der Waals surface area contributed by atoms with E-state index in [1.165, 1.54) is 6.07 Å². The Balaban J connectivity index is 1.99. The Kier molecular flexibility index (Phi) is 10.3. The molecule has 7 heteroatoms. The van der Waals surface area contributed by atoms with Crippen molar-refractivity contribution < 1.29 is 14.6 Å². The summed E-state index contributed by atoms with van der Waals surface area (Å²) in [7, 11) is 7.97. The Morgan fingerprint density at radius 1 is 0.641 bits per heavy atom. The second-order valence-electron chi connectivity index (χ2n) is 11.2. The zero-order valence-corrected chi connectivity index (χ0v) is 25.7. The number of alkyl halides is 2. The van der Waals surface area contributed by atoms with Gasteiger partial charge in [0, 0.05) is 12.1 Å². The van der Waals surface area contributed by atoms with Gasteiger partial charge >= 0.3 is 0 Å². The number of hydrogen-bond donors (Lipinski definition) is 2. The number of phenolic OH excluding ortho intramolecular Hbond substituents is 2. The summed E-state index contributed by atoms with van der Waals surface area (Å²) >= 11 is 14.3. The smallest absolute Gasteiger partial charge is 0.123 e. The van der Waals surface area contributed by atoms with Gasteiger partial charge in [-0.3, -0.25) is 0 Å². The van der Waals surface area contributed by atoms with Gasteiger partial charge in [0.15, 0.2) is 0 Å². The van der Waals surface area contributed by atoms with Crippen molar-refractivity contribution in [2.24, 2.45) is 0 Å². The molecule has 0 amide bonds. The van der Waals surface area contributed by atoms with Crippen molar-refractivity contribution in [3.05, 3.63) is 92.8 Å². The first kappa shape index (κ1) is 31.2. The molecular weight excluding hydrogens is 534 g/mol. The number of halogens is 3. The molecule has 0 heterocycles. The van der Waals surface area contributed by atoms with E-state index in [0.717, 1.165) is 44.5 Å². The van der Waals surface area contributed by atoms with Crippen LogP contribution in [-0.4, -0.2) is 60.3 Å². The summed E-state index contributed by atoms with van der Waals surface area (Å²) in [4.78, 5) is 4.18. The molecule has 4 nitrogen and oxygen atoms in total. The minimum atomic E-state index is -0.371. The highest BCUT2D eigenvalue weighted by Crippen LogP contribution is 2.38. The first-order valence-electron chi connectivity index (χ1n) is 13.2. The van der Waals surface area contributed by atoms with Crippen LogP contribution < -0.4 is 0 Å². The van der Waals surface area contributed by atoms with E-state index in [9.17, 15) is 14.6 Å². The quantitative estimate of drug-likeness (QED) is 0.248. The van der Waals surface area contributed by atoms with E-state index >= 15 is 0 Å². The molecule has 0 aromatic heterocycles. The van der Waals surface area contributed by atoms with Gasteiger partial charge in [-0.2, -0.15) is 0 Å². The zero-order valence-electron chi connectivity index (χ0n) is 24.2. The lowest BCUT2D eigenvalue weighted by Gasteiger charge is -2.33. The number of phenols is 2. The minimum Gasteiger partial charge on any atom is -0.508 e. The van der Waals surface area contributed by atoms with E-state index in [4.69, 9.17) is 23.2 Å². The van der Waals surface area contributed by atoms with Crippen molar-refractivity contribution in [3.63, 3.8) is 0 Å². The molecule has 3 aromatic carbocycles. The molecule has 0 spiro atoms. The predicted octanol–water partition coefficient (Wildman–Crippen LogP) is 7.38. The normalized spacial score (nSPS) is 15.0. The lowest BCUT2D eigenvalue weighted by Crippen LogP contribution is -2.36. The van der Waals surface area contributed by atoms with Gasteiger partial charge in [0.05, 0.1) is 10.8 Å². The number of likely N-dealkylation sites (N-methyl/N-ethyl adjacent to an activating group) is 2. The molecule has 3 aromatic rings. The van der Waals surface area contributed by atoms with Gasteiger partial charge in [0.2, 0.25) is 0 Å². The lowest BCUT2D eigenvalue weighted by molar-refractivity contribution is 0.275. The van der Waals surface area contributed by atoms with Crippen LogP contribution in [0.2, 0.25) is 0 Å². The lowest BCUT2D eigenvalue weighted by atomic mass is 9.87. The second kappa shape index (κ2) is 12.9. The van der Waals surface area contributed by atoms with Crippen molar-refractivity contribution in [2.75, 3.05) is 28.2 Å². The number of nitrogens with zero attached hydrogens (tertiary/aromatic N) is 2. The molecule has 2 N–H and O–H groups in total. The van der Waals surface area contributed by atoms with Crippen LogP contribution in [0.1, 0.15) is 55.3 Å². The van der Waals surface area contributed by atoms with Gasteiger partial charge in [-0.05, 0) is 150 Å². The Hall–Kier alpha value is -2.31. The summed E-state index contributed by atoms with van der Waals surface area (Å²) in [5.41, 5.74) is 7.63. The average Bonchev–Trinajstić information content (AvgIpc) is 2.79. The second-order valence-corrected chi connectivity index (χ2v) is 12.1. The van der Waals surface area contributed by atoms with E-state index in [-0.39, 0.29) is 40.2 Å². The largest absolute Gasteiger partial charge is 0.508 e. The molecule has 0 saturated carbocycles. The maximum Gasteiger partial charge on any atom is 0.123 e. The first-order chi connectivity index (χ1) is 18.2. The highest BCUT2D eigenvalue weighted by atomic mass is 35.5. The van der Waals surface area contributed by atoms with Crippen LogP contribution >= 0.6 is 23.2 Å². The Morgan fingerprint density at radius 2 is 1.00 bits per heavy atom. The van der Waals surface area contributed by atoms with Crippen LogP contribution in [0.4, 0.5) is 4.39 Å². The van der Waals surface area contributed by atoms with Gasteiger partial charge in [0.1, 0.15) is 17.3 Å². The van der Waals surface area contributed by atoms with Gasteiger partial charge < -0.3 is 20.0 Å². The van der Waals surface area contributed by atoms with Crippen molar-refractivity contribution in [3.8, 4) is 11.5 Å². The molecule has 0 aliphatic carbocycles. The maximum absolute atomic E-state index is 14.6. The fourth-order valence-electron chi connectivity index (χ4n) is 5.69. The summed E-state index contributed by atoms with van der Waals surface area (Å²) in [5, 5.41) is 19.4. The van der Waals surface area contributed by atoms with Gasteiger partial charge in [-0.1, -0.05) is 6.07 Å². The van der Waals surface area contributed by atoms with E-state index in [2.05, 4.69) is 9.80 Å². The molecular formula is C32H41Cl2FN2O2. The Bertz CT molecular complexity index is 1270. The van der Waals surface area contributed by atoms with E-state index in [1.54, 1.807) is 30.3 Å². The summed E-state index contributed by atoms with van der Waals surface area (Å²) in [6, 6.07) is 11.7.